The number of nitriles is 1. The Balaban J connectivity index is 1.73. The Morgan fingerprint density at radius 2 is 1.67 bits per heavy atom. The Morgan fingerprint density at radius 3 is 2.30 bits per heavy atom. The number of nitrogens with zero attached hydrogens (tertiary/aromatic N) is 2. The highest BCUT2D eigenvalue weighted by Gasteiger charge is 2.34. The summed E-state index contributed by atoms with van der Waals surface area (Å²) in [5.74, 6) is -1.43. The summed E-state index contributed by atoms with van der Waals surface area (Å²) in [6, 6.07) is 11.0. The van der Waals surface area contributed by atoms with Gasteiger partial charge in [-0.05, 0) is 36.4 Å². The van der Waals surface area contributed by atoms with E-state index in [1.165, 1.54) is 24.4 Å². The van der Waals surface area contributed by atoms with Crippen molar-refractivity contribution in [3.05, 3.63) is 76.7 Å². The molecule has 1 heterocycles. The molecule has 2 amide bonds. The first kappa shape index (κ1) is 21.1. The summed E-state index contributed by atoms with van der Waals surface area (Å²) in [5, 5.41) is 14.1. The lowest BCUT2D eigenvalue weighted by molar-refractivity contribution is -0.139. The molecular weight excluding hydrogens is 424 g/mol. The normalized spacial score (nSPS) is 10.9. The number of aromatic nitrogens is 1. The molecule has 0 bridgehead atoms. The molecule has 152 valence electrons. The number of halogens is 5. The van der Waals surface area contributed by atoms with E-state index in [0.29, 0.717) is 29.1 Å². The Kier molecular flexibility index (Phi) is 5.89. The van der Waals surface area contributed by atoms with Crippen LogP contribution in [-0.4, -0.2) is 11.0 Å². The highest BCUT2D eigenvalue weighted by molar-refractivity contribution is 6.32. The van der Waals surface area contributed by atoms with E-state index in [1.54, 1.807) is 12.1 Å². The number of urea groups is 1. The highest BCUT2D eigenvalue weighted by atomic mass is 35.5. The minimum atomic E-state index is -4.88. The third kappa shape index (κ3) is 4.67. The fraction of sp³-hybridized carbons (Fsp3) is 0.0500. The molecule has 3 rings (SSSR count). The third-order valence-corrected chi connectivity index (χ3v) is 4.27. The van der Waals surface area contributed by atoms with Crippen molar-refractivity contribution in [2.24, 2.45) is 0 Å². The highest BCUT2D eigenvalue weighted by Crippen LogP contribution is 2.33. The lowest BCUT2D eigenvalue weighted by atomic mass is 10.1. The van der Waals surface area contributed by atoms with Crippen LogP contribution in [0.5, 0.6) is 0 Å². The monoisotopic (exact) mass is 434 g/mol. The maximum atomic E-state index is 13.3. The zero-order valence-corrected chi connectivity index (χ0v) is 15.6. The number of rotatable bonds is 3. The Labute approximate surface area is 172 Å². The van der Waals surface area contributed by atoms with Crippen molar-refractivity contribution in [3.63, 3.8) is 0 Å². The van der Waals surface area contributed by atoms with Gasteiger partial charge in [-0.15, -0.1) is 0 Å². The van der Waals surface area contributed by atoms with Gasteiger partial charge >= 0.3 is 12.2 Å². The zero-order valence-electron chi connectivity index (χ0n) is 14.9. The van der Waals surface area contributed by atoms with Gasteiger partial charge in [-0.2, -0.15) is 18.4 Å². The van der Waals surface area contributed by atoms with Crippen LogP contribution >= 0.6 is 11.6 Å². The average molecular weight is 435 g/mol. The Bertz CT molecular complexity index is 1140. The van der Waals surface area contributed by atoms with Gasteiger partial charge in [0.25, 0.3) is 0 Å². The predicted molar refractivity (Wildman–Crippen MR) is 103 cm³/mol. The summed E-state index contributed by atoms with van der Waals surface area (Å²) in [6.07, 6.45) is -3.43. The molecule has 0 saturated heterocycles. The number of anilines is 2. The lowest BCUT2D eigenvalue weighted by Gasteiger charge is -2.12. The molecule has 0 aliphatic heterocycles. The van der Waals surface area contributed by atoms with Crippen LogP contribution in [0.4, 0.5) is 33.7 Å². The van der Waals surface area contributed by atoms with Crippen LogP contribution in [0.25, 0.3) is 11.3 Å². The van der Waals surface area contributed by atoms with Crippen LogP contribution in [0.3, 0.4) is 0 Å². The molecule has 3 aromatic rings. The van der Waals surface area contributed by atoms with E-state index in [1.807, 2.05) is 6.07 Å². The molecule has 10 heteroatoms. The van der Waals surface area contributed by atoms with Gasteiger partial charge in [-0.25, -0.2) is 9.18 Å². The molecule has 5 nitrogen and oxygen atoms in total. The van der Waals surface area contributed by atoms with Gasteiger partial charge in [0.15, 0.2) is 0 Å². The molecule has 0 saturated carbocycles. The SMILES string of the molecule is N#Cc1c(Cl)ccnc1-c1ccc(NC(=O)Nc2ccc(F)c(C(F)(F)F)c2)cc1. The fourth-order valence-electron chi connectivity index (χ4n) is 2.59. The lowest BCUT2D eigenvalue weighted by Crippen LogP contribution is -2.20. The van der Waals surface area contributed by atoms with Crippen molar-refractivity contribution in [1.29, 1.82) is 5.26 Å². The van der Waals surface area contributed by atoms with Gasteiger partial charge < -0.3 is 10.6 Å². The van der Waals surface area contributed by atoms with Crippen molar-refractivity contribution < 1.29 is 22.4 Å². The smallest absolute Gasteiger partial charge is 0.308 e. The minimum Gasteiger partial charge on any atom is -0.308 e. The van der Waals surface area contributed by atoms with Gasteiger partial charge in [0, 0.05) is 23.1 Å². The number of nitrogens with one attached hydrogen (secondary N) is 2. The van der Waals surface area contributed by atoms with E-state index in [-0.39, 0.29) is 16.3 Å². The largest absolute Gasteiger partial charge is 0.419 e. The number of amides is 2. The van der Waals surface area contributed by atoms with E-state index in [9.17, 15) is 27.6 Å². The van der Waals surface area contributed by atoms with Crippen LogP contribution in [0.15, 0.2) is 54.7 Å². The standard InChI is InChI=1S/C20H11ClF4N4O/c21-16-7-8-27-18(14(16)10-26)11-1-3-12(4-2-11)28-19(30)29-13-5-6-17(22)15(9-13)20(23,24)25/h1-9H,(H2,28,29,30). The zero-order chi connectivity index (χ0) is 21.9. The molecule has 30 heavy (non-hydrogen) atoms. The summed E-state index contributed by atoms with van der Waals surface area (Å²) in [5.41, 5.74) is -0.226. The van der Waals surface area contributed by atoms with Crippen LogP contribution in [0.2, 0.25) is 5.02 Å². The molecule has 0 atom stereocenters. The predicted octanol–water partition coefficient (Wildman–Crippen LogP) is 6.08. The first-order valence-corrected chi connectivity index (χ1v) is 8.66. The molecule has 0 fully saturated rings. The second-order valence-electron chi connectivity index (χ2n) is 5.98. The minimum absolute atomic E-state index is 0.203. The molecular formula is C20H11ClF4N4O. The van der Waals surface area contributed by atoms with Gasteiger partial charge in [-0.3, -0.25) is 4.98 Å². The van der Waals surface area contributed by atoms with Crippen molar-refractivity contribution >= 4 is 29.0 Å². The second kappa shape index (κ2) is 8.39. The number of alkyl halides is 3. The third-order valence-electron chi connectivity index (χ3n) is 3.96. The summed E-state index contributed by atoms with van der Waals surface area (Å²) in [7, 11) is 0. The van der Waals surface area contributed by atoms with E-state index < -0.39 is 23.6 Å². The molecule has 2 N–H and O–H groups in total. The van der Waals surface area contributed by atoms with Crippen molar-refractivity contribution in [2.75, 3.05) is 10.6 Å². The van der Waals surface area contributed by atoms with Crippen LogP contribution in [0, 0.1) is 17.1 Å². The Hall–Kier alpha value is -3.64. The maximum Gasteiger partial charge on any atom is 0.419 e. The first-order chi connectivity index (χ1) is 14.2. The topological polar surface area (TPSA) is 77.8 Å². The second-order valence-corrected chi connectivity index (χ2v) is 6.38. The molecule has 0 unspecified atom stereocenters. The maximum absolute atomic E-state index is 13.3. The molecule has 1 aromatic heterocycles. The molecule has 0 radical (unpaired) electrons. The summed E-state index contributed by atoms with van der Waals surface area (Å²) in [6.45, 7) is 0. The van der Waals surface area contributed by atoms with Crippen molar-refractivity contribution in [3.8, 4) is 17.3 Å². The van der Waals surface area contributed by atoms with Gasteiger partial charge in [0.05, 0.1) is 21.8 Å². The van der Waals surface area contributed by atoms with Crippen LogP contribution in [0.1, 0.15) is 11.1 Å². The fourth-order valence-corrected chi connectivity index (χ4v) is 2.78. The summed E-state index contributed by atoms with van der Waals surface area (Å²) in [4.78, 5) is 16.2. The van der Waals surface area contributed by atoms with E-state index in [2.05, 4.69) is 15.6 Å². The van der Waals surface area contributed by atoms with E-state index in [0.717, 1.165) is 6.07 Å². The quantitative estimate of drug-likeness (QED) is 0.491. The van der Waals surface area contributed by atoms with Gasteiger partial charge in [0.1, 0.15) is 11.9 Å². The van der Waals surface area contributed by atoms with Crippen molar-refractivity contribution in [2.45, 2.75) is 6.18 Å². The number of hydrogen-bond donors (Lipinski definition) is 2. The number of carbonyl (C=O) groups excluding carboxylic acids is 1. The van der Waals surface area contributed by atoms with Crippen molar-refractivity contribution in [1.82, 2.24) is 4.98 Å². The van der Waals surface area contributed by atoms with Gasteiger partial charge in [0.2, 0.25) is 0 Å². The van der Waals surface area contributed by atoms with Gasteiger partial charge in [-0.1, -0.05) is 23.7 Å². The van der Waals surface area contributed by atoms with E-state index in [4.69, 9.17) is 11.6 Å². The first-order valence-electron chi connectivity index (χ1n) is 8.29. The van der Waals surface area contributed by atoms with Crippen LogP contribution < -0.4 is 10.6 Å². The number of hydrogen-bond acceptors (Lipinski definition) is 3. The number of pyridine rings is 1. The van der Waals surface area contributed by atoms with E-state index >= 15 is 0 Å². The molecule has 0 aliphatic rings. The molecule has 2 aromatic carbocycles. The number of benzene rings is 2. The number of carbonyl (C=O) groups is 1. The average Bonchev–Trinajstić information content (AvgIpc) is 2.69. The molecule has 0 aliphatic carbocycles. The summed E-state index contributed by atoms with van der Waals surface area (Å²) >= 11 is 5.98. The Morgan fingerprint density at radius 1 is 1.03 bits per heavy atom. The molecule has 0 spiro atoms. The summed E-state index contributed by atoms with van der Waals surface area (Å²) < 4.78 is 51.6. The van der Waals surface area contributed by atoms with Crippen LogP contribution in [-0.2, 0) is 6.18 Å².